The van der Waals surface area contributed by atoms with Gasteiger partial charge in [-0.25, -0.2) is 8.42 Å². The van der Waals surface area contributed by atoms with Gasteiger partial charge in [0, 0.05) is 13.1 Å². The van der Waals surface area contributed by atoms with Crippen LogP contribution < -0.4 is 9.46 Å². The summed E-state index contributed by atoms with van der Waals surface area (Å²) in [5.74, 6) is 0.332. The Labute approximate surface area is 126 Å². The largest absolute Gasteiger partial charge is 0.497 e. The van der Waals surface area contributed by atoms with Crippen LogP contribution in [0.3, 0.4) is 0 Å². The summed E-state index contributed by atoms with van der Waals surface area (Å²) in [5, 5.41) is 0. The molecule has 1 rings (SSSR count). The highest BCUT2D eigenvalue weighted by molar-refractivity contribution is 7.89. The van der Waals surface area contributed by atoms with E-state index in [1.165, 1.54) is 19.2 Å². The number of rotatable bonds is 7. The van der Waals surface area contributed by atoms with Crippen molar-refractivity contribution in [3.63, 3.8) is 0 Å². The molecular formula is C14H22N2O4S. The van der Waals surface area contributed by atoms with Crippen molar-refractivity contribution in [2.75, 3.05) is 20.2 Å². The van der Waals surface area contributed by atoms with E-state index in [1.54, 1.807) is 24.0 Å². The van der Waals surface area contributed by atoms with Crippen molar-refractivity contribution in [3.8, 4) is 5.75 Å². The van der Waals surface area contributed by atoms with Gasteiger partial charge < -0.3 is 9.64 Å². The molecule has 1 aromatic rings. The van der Waals surface area contributed by atoms with Crippen molar-refractivity contribution in [2.24, 2.45) is 0 Å². The molecule has 118 valence electrons. The standard InChI is InChI=1S/C14H22N2O4S/c1-5-16(6-2)14(17)11(3)15-21(18,19)13-9-7-12(20-4)8-10-13/h7-11,15H,5-6H2,1-4H3/t11-/m1/s1. The summed E-state index contributed by atoms with van der Waals surface area (Å²) in [6.45, 7) is 6.34. The monoisotopic (exact) mass is 314 g/mol. The first-order valence-electron chi connectivity index (χ1n) is 6.80. The lowest BCUT2D eigenvalue weighted by molar-refractivity contribution is -0.132. The number of hydrogen-bond acceptors (Lipinski definition) is 4. The molecule has 6 nitrogen and oxygen atoms in total. The molecule has 0 aliphatic carbocycles. The molecule has 1 amide bonds. The lowest BCUT2D eigenvalue weighted by atomic mass is 10.3. The second kappa shape index (κ2) is 7.42. The van der Waals surface area contributed by atoms with Crippen LogP contribution in [0.25, 0.3) is 0 Å². The first-order chi connectivity index (χ1) is 9.85. The van der Waals surface area contributed by atoms with Crippen LogP contribution in [0, 0.1) is 0 Å². The van der Waals surface area contributed by atoms with Gasteiger partial charge in [0.15, 0.2) is 0 Å². The molecule has 0 unspecified atom stereocenters. The topological polar surface area (TPSA) is 75.7 Å². The van der Waals surface area contributed by atoms with Crippen molar-refractivity contribution in [1.82, 2.24) is 9.62 Å². The van der Waals surface area contributed by atoms with Gasteiger partial charge in [-0.05, 0) is 45.0 Å². The van der Waals surface area contributed by atoms with E-state index in [-0.39, 0.29) is 10.8 Å². The van der Waals surface area contributed by atoms with Crippen LogP contribution in [0.2, 0.25) is 0 Å². The summed E-state index contributed by atoms with van der Waals surface area (Å²) in [5.41, 5.74) is 0. The van der Waals surface area contributed by atoms with Gasteiger partial charge in [0.25, 0.3) is 0 Å². The van der Waals surface area contributed by atoms with Gasteiger partial charge in [-0.3, -0.25) is 4.79 Å². The lowest BCUT2D eigenvalue weighted by Gasteiger charge is -2.23. The van der Waals surface area contributed by atoms with Crippen LogP contribution in [0.1, 0.15) is 20.8 Å². The lowest BCUT2D eigenvalue weighted by Crippen LogP contribution is -2.46. The zero-order chi connectivity index (χ0) is 16.0. The fourth-order valence-electron chi connectivity index (χ4n) is 1.92. The molecule has 7 heteroatoms. The van der Waals surface area contributed by atoms with Gasteiger partial charge in [-0.15, -0.1) is 0 Å². The third-order valence-electron chi connectivity index (χ3n) is 3.15. The van der Waals surface area contributed by atoms with E-state index in [0.717, 1.165) is 0 Å². The van der Waals surface area contributed by atoms with E-state index in [0.29, 0.717) is 18.8 Å². The fourth-order valence-corrected chi connectivity index (χ4v) is 3.11. The van der Waals surface area contributed by atoms with Crippen LogP contribution in [0.15, 0.2) is 29.2 Å². The zero-order valence-corrected chi connectivity index (χ0v) is 13.6. The quantitative estimate of drug-likeness (QED) is 0.821. The van der Waals surface area contributed by atoms with Crippen LogP contribution in [0.5, 0.6) is 5.75 Å². The Kier molecular flexibility index (Phi) is 6.17. The predicted octanol–water partition coefficient (Wildman–Crippen LogP) is 1.23. The van der Waals surface area contributed by atoms with E-state index < -0.39 is 16.1 Å². The highest BCUT2D eigenvalue weighted by Crippen LogP contribution is 2.15. The number of likely N-dealkylation sites (N-methyl/N-ethyl adjacent to an activating group) is 1. The number of carbonyl (C=O) groups is 1. The van der Waals surface area contributed by atoms with Crippen LogP contribution in [0.4, 0.5) is 0 Å². The van der Waals surface area contributed by atoms with E-state index in [9.17, 15) is 13.2 Å². The molecule has 0 heterocycles. The van der Waals surface area contributed by atoms with Crippen LogP contribution >= 0.6 is 0 Å². The van der Waals surface area contributed by atoms with Crippen molar-refractivity contribution < 1.29 is 17.9 Å². The Balaban J connectivity index is 2.86. The number of ether oxygens (including phenoxy) is 1. The number of nitrogens with zero attached hydrogens (tertiary/aromatic N) is 1. The average Bonchev–Trinajstić information content (AvgIpc) is 2.48. The van der Waals surface area contributed by atoms with E-state index in [1.807, 2.05) is 13.8 Å². The molecule has 1 N–H and O–H groups in total. The third kappa shape index (κ3) is 4.44. The Bertz CT molecular complexity index is 565. The number of carbonyl (C=O) groups excluding carboxylic acids is 1. The number of methoxy groups -OCH3 is 1. The summed E-state index contributed by atoms with van der Waals surface area (Å²) in [7, 11) is -2.23. The molecule has 0 aliphatic heterocycles. The summed E-state index contributed by atoms with van der Waals surface area (Å²) in [6.07, 6.45) is 0. The van der Waals surface area contributed by atoms with Gasteiger partial charge in [0.2, 0.25) is 15.9 Å². The normalized spacial score (nSPS) is 12.8. The van der Waals surface area contributed by atoms with Crippen molar-refractivity contribution in [1.29, 1.82) is 0 Å². The molecule has 1 atom stereocenters. The minimum atomic E-state index is -3.73. The number of amides is 1. The molecule has 0 fully saturated rings. The van der Waals surface area contributed by atoms with Gasteiger partial charge in [-0.1, -0.05) is 0 Å². The predicted molar refractivity (Wildman–Crippen MR) is 80.7 cm³/mol. The molecule has 21 heavy (non-hydrogen) atoms. The molecule has 0 bridgehead atoms. The van der Waals surface area contributed by atoms with E-state index >= 15 is 0 Å². The molecule has 0 spiro atoms. The maximum Gasteiger partial charge on any atom is 0.241 e. The van der Waals surface area contributed by atoms with Crippen molar-refractivity contribution >= 4 is 15.9 Å². The SMILES string of the molecule is CCN(CC)C(=O)[C@@H](C)NS(=O)(=O)c1ccc(OC)cc1. The Morgan fingerprint density at radius 2 is 1.76 bits per heavy atom. The number of benzene rings is 1. The second-order valence-corrected chi connectivity index (χ2v) is 6.24. The van der Waals surface area contributed by atoms with Crippen LogP contribution in [-0.2, 0) is 14.8 Å². The van der Waals surface area contributed by atoms with Gasteiger partial charge in [0.05, 0.1) is 18.0 Å². The summed E-state index contributed by atoms with van der Waals surface area (Å²) in [6, 6.07) is 5.19. The molecule has 0 saturated carbocycles. The zero-order valence-electron chi connectivity index (χ0n) is 12.8. The molecule has 0 aromatic heterocycles. The maximum atomic E-state index is 12.2. The summed E-state index contributed by atoms with van der Waals surface area (Å²) >= 11 is 0. The molecule has 0 radical (unpaired) electrons. The van der Waals surface area contributed by atoms with Gasteiger partial charge in [-0.2, -0.15) is 4.72 Å². The van der Waals surface area contributed by atoms with Gasteiger partial charge >= 0.3 is 0 Å². The van der Waals surface area contributed by atoms with Gasteiger partial charge in [0.1, 0.15) is 5.75 Å². The Morgan fingerprint density at radius 1 is 1.24 bits per heavy atom. The molecule has 1 aromatic carbocycles. The number of hydrogen-bond donors (Lipinski definition) is 1. The second-order valence-electron chi connectivity index (χ2n) is 4.53. The Hall–Kier alpha value is -1.60. The molecular weight excluding hydrogens is 292 g/mol. The Morgan fingerprint density at radius 3 is 2.19 bits per heavy atom. The minimum Gasteiger partial charge on any atom is -0.497 e. The number of nitrogens with one attached hydrogen (secondary N) is 1. The van der Waals surface area contributed by atoms with E-state index in [2.05, 4.69) is 4.72 Å². The average molecular weight is 314 g/mol. The third-order valence-corrected chi connectivity index (χ3v) is 4.70. The van der Waals surface area contributed by atoms with E-state index in [4.69, 9.17) is 4.74 Å². The smallest absolute Gasteiger partial charge is 0.241 e. The number of sulfonamides is 1. The highest BCUT2D eigenvalue weighted by atomic mass is 32.2. The first-order valence-corrected chi connectivity index (χ1v) is 8.29. The highest BCUT2D eigenvalue weighted by Gasteiger charge is 2.24. The van der Waals surface area contributed by atoms with Crippen LogP contribution in [-0.4, -0.2) is 45.5 Å². The van der Waals surface area contributed by atoms with Crippen molar-refractivity contribution in [2.45, 2.75) is 31.7 Å². The maximum absolute atomic E-state index is 12.2. The molecule has 0 saturated heterocycles. The molecule has 0 aliphatic rings. The minimum absolute atomic E-state index is 0.0995. The first kappa shape index (κ1) is 17.5. The van der Waals surface area contributed by atoms with Crippen molar-refractivity contribution in [3.05, 3.63) is 24.3 Å². The summed E-state index contributed by atoms with van der Waals surface area (Å²) < 4.78 is 31.8. The summed E-state index contributed by atoms with van der Waals surface area (Å²) in [4.78, 5) is 13.8. The fraction of sp³-hybridized carbons (Fsp3) is 0.500.